The number of rotatable bonds is 5. The Hall–Kier alpha value is -1.25. The Morgan fingerprint density at radius 2 is 2.18 bits per heavy atom. The molecule has 0 aromatic carbocycles. The third-order valence-corrected chi connectivity index (χ3v) is 3.33. The summed E-state index contributed by atoms with van der Waals surface area (Å²) in [6.45, 7) is 0. The summed E-state index contributed by atoms with van der Waals surface area (Å²) in [7, 11) is 1.43. The summed E-state index contributed by atoms with van der Waals surface area (Å²) in [5.74, 6) is 2.16. The fraction of sp³-hybridized carbons (Fsp3) is 0.643. The number of fused-ring (bicyclic) bond motifs is 1. The van der Waals surface area contributed by atoms with Gasteiger partial charge in [0.25, 0.3) is 0 Å². The minimum atomic E-state index is -0.122. The van der Waals surface area contributed by atoms with Crippen LogP contribution in [-0.4, -0.2) is 13.1 Å². The van der Waals surface area contributed by atoms with E-state index >= 15 is 0 Å². The van der Waals surface area contributed by atoms with Crippen LogP contribution in [-0.2, 0) is 28.8 Å². The van der Waals surface area contributed by atoms with Gasteiger partial charge in [-0.15, -0.1) is 0 Å². The van der Waals surface area contributed by atoms with Crippen LogP contribution in [0.5, 0.6) is 0 Å². The highest BCUT2D eigenvalue weighted by atomic mass is 16.5. The number of furan rings is 1. The number of unbranched alkanes of at least 4 members (excludes halogenated alkanes) is 1. The molecule has 0 fully saturated rings. The molecule has 0 saturated heterocycles. The van der Waals surface area contributed by atoms with Gasteiger partial charge in [0.15, 0.2) is 0 Å². The van der Waals surface area contributed by atoms with Gasteiger partial charge in [-0.2, -0.15) is 0 Å². The fourth-order valence-electron chi connectivity index (χ4n) is 2.35. The monoisotopic (exact) mass is 236 g/mol. The van der Waals surface area contributed by atoms with Gasteiger partial charge in [0.1, 0.15) is 11.5 Å². The summed E-state index contributed by atoms with van der Waals surface area (Å²) in [5.41, 5.74) is 1.40. The molecule has 0 unspecified atom stereocenters. The average molecular weight is 236 g/mol. The second kappa shape index (κ2) is 5.89. The van der Waals surface area contributed by atoms with E-state index in [1.807, 2.05) is 0 Å². The van der Waals surface area contributed by atoms with Crippen molar-refractivity contribution in [3.8, 4) is 0 Å². The molecule has 3 heteroatoms. The lowest BCUT2D eigenvalue weighted by Crippen LogP contribution is -1.99. The summed E-state index contributed by atoms with van der Waals surface area (Å²) < 4.78 is 10.4. The summed E-state index contributed by atoms with van der Waals surface area (Å²) in [6.07, 6.45) is 8.11. The first-order valence-corrected chi connectivity index (χ1v) is 6.47. The first-order valence-electron chi connectivity index (χ1n) is 6.47. The Kier molecular flexibility index (Phi) is 4.24. The van der Waals surface area contributed by atoms with Gasteiger partial charge >= 0.3 is 5.97 Å². The van der Waals surface area contributed by atoms with Crippen LogP contribution in [0.25, 0.3) is 0 Å². The van der Waals surface area contributed by atoms with Crippen molar-refractivity contribution in [2.45, 2.75) is 51.4 Å². The largest absolute Gasteiger partial charge is 0.469 e. The van der Waals surface area contributed by atoms with Crippen LogP contribution >= 0.6 is 0 Å². The van der Waals surface area contributed by atoms with Gasteiger partial charge in [-0.1, -0.05) is 0 Å². The maximum absolute atomic E-state index is 10.9. The summed E-state index contributed by atoms with van der Waals surface area (Å²) >= 11 is 0. The Morgan fingerprint density at radius 3 is 2.94 bits per heavy atom. The number of carbonyl (C=O) groups excluding carboxylic acids is 1. The number of ether oxygens (including phenoxy) is 1. The SMILES string of the molecule is COC(=O)CCCCc1cc2c(o1)CCCC2. The van der Waals surface area contributed by atoms with Crippen molar-refractivity contribution in [1.82, 2.24) is 0 Å². The Bertz CT molecular complexity index is 355. The summed E-state index contributed by atoms with van der Waals surface area (Å²) in [5, 5.41) is 0. The molecule has 0 spiro atoms. The van der Waals surface area contributed by atoms with Crippen molar-refractivity contribution in [3.63, 3.8) is 0 Å². The number of esters is 1. The van der Waals surface area contributed by atoms with E-state index in [1.165, 1.54) is 37.7 Å². The van der Waals surface area contributed by atoms with Gasteiger partial charge in [-0.05, 0) is 43.7 Å². The van der Waals surface area contributed by atoms with Crippen LogP contribution in [0, 0.1) is 0 Å². The van der Waals surface area contributed by atoms with E-state index in [1.54, 1.807) is 0 Å². The van der Waals surface area contributed by atoms with E-state index in [0.29, 0.717) is 6.42 Å². The van der Waals surface area contributed by atoms with Gasteiger partial charge in [0.05, 0.1) is 7.11 Å². The van der Waals surface area contributed by atoms with E-state index in [4.69, 9.17) is 4.42 Å². The van der Waals surface area contributed by atoms with E-state index < -0.39 is 0 Å². The van der Waals surface area contributed by atoms with Gasteiger partial charge in [-0.3, -0.25) is 4.79 Å². The van der Waals surface area contributed by atoms with Crippen molar-refractivity contribution in [3.05, 3.63) is 23.2 Å². The molecular formula is C14H20O3. The molecule has 0 radical (unpaired) electrons. The van der Waals surface area contributed by atoms with Crippen molar-refractivity contribution in [2.75, 3.05) is 7.11 Å². The van der Waals surface area contributed by atoms with Crippen LogP contribution in [0.15, 0.2) is 10.5 Å². The topological polar surface area (TPSA) is 39.4 Å². The van der Waals surface area contributed by atoms with Gasteiger partial charge in [0, 0.05) is 19.3 Å². The molecule has 1 aliphatic carbocycles. The van der Waals surface area contributed by atoms with E-state index in [9.17, 15) is 4.79 Å². The van der Waals surface area contributed by atoms with Crippen LogP contribution < -0.4 is 0 Å². The number of hydrogen-bond acceptors (Lipinski definition) is 3. The molecule has 0 aliphatic heterocycles. The average Bonchev–Trinajstić information content (AvgIpc) is 2.76. The highest BCUT2D eigenvalue weighted by molar-refractivity contribution is 5.68. The highest BCUT2D eigenvalue weighted by Crippen LogP contribution is 2.25. The third-order valence-electron chi connectivity index (χ3n) is 3.33. The molecule has 1 aromatic heterocycles. The first kappa shape index (κ1) is 12.2. The first-order chi connectivity index (χ1) is 8.29. The highest BCUT2D eigenvalue weighted by Gasteiger charge is 2.14. The van der Waals surface area contributed by atoms with Gasteiger partial charge < -0.3 is 9.15 Å². The summed E-state index contributed by atoms with van der Waals surface area (Å²) in [6, 6.07) is 2.20. The van der Waals surface area contributed by atoms with Crippen LogP contribution in [0.1, 0.15) is 49.2 Å². The zero-order valence-electron chi connectivity index (χ0n) is 10.5. The van der Waals surface area contributed by atoms with Crippen LogP contribution in [0.3, 0.4) is 0 Å². The maximum atomic E-state index is 10.9. The minimum absolute atomic E-state index is 0.122. The molecule has 1 aromatic rings. The van der Waals surface area contributed by atoms with Crippen molar-refractivity contribution >= 4 is 5.97 Å². The molecule has 94 valence electrons. The zero-order chi connectivity index (χ0) is 12.1. The molecule has 0 saturated carbocycles. The lowest BCUT2D eigenvalue weighted by Gasteiger charge is -2.07. The van der Waals surface area contributed by atoms with Crippen LogP contribution in [0.2, 0.25) is 0 Å². The molecule has 0 atom stereocenters. The second-order valence-corrected chi connectivity index (χ2v) is 4.65. The molecule has 0 N–H and O–H groups in total. The van der Waals surface area contributed by atoms with E-state index in [2.05, 4.69) is 10.8 Å². The standard InChI is InChI=1S/C14H20O3/c1-16-14(15)9-5-3-7-12-10-11-6-2-4-8-13(11)17-12/h10H,2-9H2,1H3. The van der Waals surface area contributed by atoms with Crippen molar-refractivity contribution < 1.29 is 13.9 Å². The predicted octanol–water partition coefficient (Wildman–Crippen LogP) is 3.04. The number of methoxy groups -OCH3 is 1. The third kappa shape index (κ3) is 3.35. The smallest absolute Gasteiger partial charge is 0.305 e. The quantitative estimate of drug-likeness (QED) is 0.582. The lowest BCUT2D eigenvalue weighted by atomic mass is 9.98. The van der Waals surface area contributed by atoms with E-state index in [-0.39, 0.29) is 5.97 Å². The number of carbonyl (C=O) groups is 1. The predicted molar refractivity (Wildman–Crippen MR) is 64.9 cm³/mol. The molecule has 1 aliphatic rings. The molecule has 1 heterocycles. The van der Waals surface area contributed by atoms with Crippen molar-refractivity contribution in [1.29, 1.82) is 0 Å². The van der Waals surface area contributed by atoms with Gasteiger partial charge in [0.2, 0.25) is 0 Å². The number of aryl methyl sites for hydroxylation is 3. The summed E-state index contributed by atoms with van der Waals surface area (Å²) in [4.78, 5) is 10.9. The lowest BCUT2D eigenvalue weighted by molar-refractivity contribution is -0.140. The molecule has 0 bridgehead atoms. The van der Waals surface area contributed by atoms with Crippen molar-refractivity contribution in [2.24, 2.45) is 0 Å². The molecule has 0 amide bonds. The Balaban J connectivity index is 1.75. The second-order valence-electron chi connectivity index (χ2n) is 4.65. The zero-order valence-corrected chi connectivity index (χ0v) is 10.5. The number of hydrogen-bond donors (Lipinski definition) is 0. The molecule has 17 heavy (non-hydrogen) atoms. The van der Waals surface area contributed by atoms with E-state index in [0.717, 1.165) is 31.4 Å². The maximum Gasteiger partial charge on any atom is 0.305 e. The Morgan fingerprint density at radius 1 is 1.35 bits per heavy atom. The molecular weight excluding hydrogens is 216 g/mol. The molecule has 3 nitrogen and oxygen atoms in total. The van der Waals surface area contributed by atoms with Gasteiger partial charge in [-0.25, -0.2) is 0 Å². The minimum Gasteiger partial charge on any atom is -0.469 e. The van der Waals surface area contributed by atoms with Crippen LogP contribution in [0.4, 0.5) is 0 Å². The fourth-order valence-corrected chi connectivity index (χ4v) is 2.35. The normalized spacial score (nSPS) is 14.4. The Labute approximate surface area is 102 Å². The molecule has 2 rings (SSSR count).